The summed E-state index contributed by atoms with van der Waals surface area (Å²) in [6, 6.07) is 5.83. The van der Waals surface area contributed by atoms with Crippen LogP contribution in [0.3, 0.4) is 0 Å². The van der Waals surface area contributed by atoms with Crippen LogP contribution in [0, 0.1) is 5.82 Å². The highest BCUT2D eigenvalue weighted by Crippen LogP contribution is 2.16. The SMILES string of the molecule is O=C(CCCOc1ccc(F)cc1)N1CCN(C(=O)C2CCCO2)CC1. The van der Waals surface area contributed by atoms with Gasteiger partial charge in [0.25, 0.3) is 5.91 Å². The van der Waals surface area contributed by atoms with Crippen molar-refractivity contribution in [1.82, 2.24) is 9.80 Å². The maximum atomic E-state index is 12.8. The molecule has 2 amide bonds. The summed E-state index contributed by atoms with van der Waals surface area (Å²) >= 11 is 0. The van der Waals surface area contributed by atoms with Crippen LogP contribution in [0.15, 0.2) is 24.3 Å². The second-order valence-electron chi connectivity index (χ2n) is 6.61. The van der Waals surface area contributed by atoms with Gasteiger partial charge in [-0.05, 0) is 43.5 Å². The zero-order valence-electron chi connectivity index (χ0n) is 14.9. The van der Waals surface area contributed by atoms with Crippen LogP contribution in [-0.4, -0.2) is 67.1 Å². The number of hydrogen-bond acceptors (Lipinski definition) is 4. The lowest BCUT2D eigenvalue weighted by Gasteiger charge is -2.35. The van der Waals surface area contributed by atoms with Gasteiger partial charge in [-0.15, -0.1) is 0 Å². The van der Waals surface area contributed by atoms with Gasteiger partial charge in [-0.3, -0.25) is 9.59 Å². The molecule has 0 aromatic heterocycles. The molecule has 0 N–H and O–H groups in total. The van der Waals surface area contributed by atoms with Gasteiger partial charge in [0.15, 0.2) is 0 Å². The van der Waals surface area contributed by atoms with Crippen molar-refractivity contribution in [3.8, 4) is 5.75 Å². The molecule has 6 nitrogen and oxygen atoms in total. The maximum Gasteiger partial charge on any atom is 0.251 e. The highest BCUT2D eigenvalue weighted by Gasteiger charge is 2.31. The van der Waals surface area contributed by atoms with Gasteiger partial charge in [-0.2, -0.15) is 0 Å². The number of nitrogens with zero attached hydrogens (tertiary/aromatic N) is 2. The first-order valence-corrected chi connectivity index (χ1v) is 9.20. The molecule has 1 atom stereocenters. The van der Waals surface area contributed by atoms with E-state index in [1.165, 1.54) is 12.1 Å². The van der Waals surface area contributed by atoms with Crippen molar-refractivity contribution in [2.24, 2.45) is 0 Å². The van der Waals surface area contributed by atoms with E-state index in [1.807, 2.05) is 0 Å². The third-order valence-corrected chi connectivity index (χ3v) is 4.77. The first-order chi connectivity index (χ1) is 12.6. The van der Waals surface area contributed by atoms with Crippen molar-refractivity contribution in [2.45, 2.75) is 31.8 Å². The molecule has 1 unspecified atom stereocenters. The molecule has 0 aliphatic carbocycles. The van der Waals surface area contributed by atoms with Crippen LogP contribution in [0.25, 0.3) is 0 Å². The minimum atomic E-state index is -0.301. The number of halogens is 1. The standard InChI is InChI=1S/C19H25FN2O4/c20-15-5-7-16(8-6-15)25-13-2-4-18(23)21-9-11-22(12-10-21)19(24)17-3-1-14-26-17/h5-8,17H,1-4,9-14H2. The van der Waals surface area contributed by atoms with Crippen LogP contribution >= 0.6 is 0 Å². The molecule has 2 aliphatic rings. The quantitative estimate of drug-likeness (QED) is 0.723. The van der Waals surface area contributed by atoms with Crippen molar-refractivity contribution < 1.29 is 23.5 Å². The van der Waals surface area contributed by atoms with E-state index in [0.717, 1.165) is 12.8 Å². The minimum absolute atomic E-state index is 0.0577. The van der Waals surface area contributed by atoms with E-state index < -0.39 is 0 Å². The fourth-order valence-corrected chi connectivity index (χ4v) is 3.25. The Labute approximate surface area is 152 Å². The Bertz CT molecular complexity index is 608. The molecular formula is C19H25FN2O4. The lowest BCUT2D eigenvalue weighted by molar-refractivity contribution is -0.146. The topological polar surface area (TPSA) is 59.1 Å². The molecule has 1 aromatic carbocycles. The summed E-state index contributed by atoms with van der Waals surface area (Å²) in [5.74, 6) is 0.434. The van der Waals surface area contributed by atoms with Crippen LogP contribution < -0.4 is 4.74 Å². The Morgan fingerprint density at radius 2 is 1.81 bits per heavy atom. The fraction of sp³-hybridized carbons (Fsp3) is 0.579. The largest absolute Gasteiger partial charge is 0.494 e. The van der Waals surface area contributed by atoms with Gasteiger partial charge < -0.3 is 19.3 Å². The molecular weight excluding hydrogens is 339 g/mol. The molecule has 3 rings (SSSR count). The van der Waals surface area contributed by atoms with Crippen LogP contribution in [0.1, 0.15) is 25.7 Å². The third-order valence-electron chi connectivity index (χ3n) is 4.77. The summed E-state index contributed by atoms with van der Waals surface area (Å²) < 4.78 is 23.8. The zero-order chi connectivity index (χ0) is 18.4. The summed E-state index contributed by atoms with van der Waals surface area (Å²) in [5, 5.41) is 0. The highest BCUT2D eigenvalue weighted by molar-refractivity contribution is 5.82. The molecule has 1 aromatic rings. The molecule has 0 saturated carbocycles. The fourth-order valence-electron chi connectivity index (χ4n) is 3.25. The van der Waals surface area contributed by atoms with Gasteiger partial charge in [0.05, 0.1) is 6.61 Å². The van der Waals surface area contributed by atoms with E-state index in [-0.39, 0.29) is 23.7 Å². The lowest BCUT2D eigenvalue weighted by Crippen LogP contribution is -2.52. The van der Waals surface area contributed by atoms with Gasteiger partial charge in [-0.1, -0.05) is 0 Å². The van der Waals surface area contributed by atoms with Crippen molar-refractivity contribution >= 4 is 11.8 Å². The summed E-state index contributed by atoms with van der Waals surface area (Å²) in [6.45, 7) is 3.34. The van der Waals surface area contributed by atoms with Crippen LogP contribution in [0.2, 0.25) is 0 Å². The number of piperazine rings is 1. The molecule has 0 spiro atoms. The summed E-state index contributed by atoms with van der Waals surface area (Å²) in [7, 11) is 0. The second kappa shape index (κ2) is 8.98. The average molecular weight is 364 g/mol. The first kappa shape index (κ1) is 18.6. The minimum Gasteiger partial charge on any atom is -0.494 e. The molecule has 2 fully saturated rings. The van der Waals surface area contributed by atoms with E-state index >= 15 is 0 Å². The second-order valence-corrected chi connectivity index (χ2v) is 6.61. The number of rotatable bonds is 6. The van der Waals surface area contributed by atoms with E-state index in [0.29, 0.717) is 58.0 Å². The highest BCUT2D eigenvalue weighted by atomic mass is 19.1. The number of ether oxygens (including phenoxy) is 2. The maximum absolute atomic E-state index is 12.8. The van der Waals surface area contributed by atoms with Gasteiger partial charge in [0.2, 0.25) is 5.91 Å². The predicted molar refractivity (Wildman–Crippen MR) is 93.3 cm³/mol. The molecule has 0 radical (unpaired) electrons. The lowest BCUT2D eigenvalue weighted by atomic mass is 10.2. The Balaban J connectivity index is 1.33. The van der Waals surface area contributed by atoms with Crippen molar-refractivity contribution in [3.63, 3.8) is 0 Å². The first-order valence-electron chi connectivity index (χ1n) is 9.20. The number of hydrogen-bond donors (Lipinski definition) is 0. The van der Waals surface area contributed by atoms with Crippen molar-refractivity contribution in [2.75, 3.05) is 39.4 Å². The zero-order valence-corrected chi connectivity index (χ0v) is 14.9. The molecule has 142 valence electrons. The molecule has 2 heterocycles. The number of amides is 2. The molecule has 26 heavy (non-hydrogen) atoms. The number of carbonyl (C=O) groups is 2. The van der Waals surface area contributed by atoms with Gasteiger partial charge in [0.1, 0.15) is 17.7 Å². The predicted octanol–water partition coefficient (Wildman–Crippen LogP) is 1.83. The normalized spacial score (nSPS) is 20.3. The van der Waals surface area contributed by atoms with Crippen molar-refractivity contribution in [1.29, 1.82) is 0 Å². The Morgan fingerprint density at radius 1 is 1.12 bits per heavy atom. The third kappa shape index (κ3) is 4.94. The summed E-state index contributed by atoms with van der Waals surface area (Å²) in [6.07, 6.45) is 2.45. The smallest absolute Gasteiger partial charge is 0.251 e. The molecule has 2 aliphatic heterocycles. The van der Waals surface area contributed by atoms with Gasteiger partial charge in [0, 0.05) is 39.2 Å². The Kier molecular flexibility index (Phi) is 6.44. The average Bonchev–Trinajstić information content (AvgIpc) is 3.21. The van der Waals surface area contributed by atoms with Crippen LogP contribution in [0.5, 0.6) is 5.75 Å². The van der Waals surface area contributed by atoms with Crippen LogP contribution in [0.4, 0.5) is 4.39 Å². The molecule has 7 heteroatoms. The van der Waals surface area contributed by atoms with E-state index in [2.05, 4.69) is 0 Å². The monoisotopic (exact) mass is 364 g/mol. The van der Waals surface area contributed by atoms with Gasteiger partial charge in [-0.25, -0.2) is 4.39 Å². The van der Waals surface area contributed by atoms with E-state index in [9.17, 15) is 14.0 Å². The molecule has 0 bridgehead atoms. The van der Waals surface area contributed by atoms with E-state index in [4.69, 9.17) is 9.47 Å². The summed E-state index contributed by atoms with van der Waals surface area (Å²) in [5.41, 5.74) is 0. The summed E-state index contributed by atoms with van der Waals surface area (Å²) in [4.78, 5) is 28.2. The molecule has 2 saturated heterocycles. The van der Waals surface area contributed by atoms with Crippen molar-refractivity contribution in [3.05, 3.63) is 30.1 Å². The Morgan fingerprint density at radius 3 is 2.46 bits per heavy atom. The Hall–Kier alpha value is -2.15. The van der Waals surface area contributed by atoms with Crippen LogP contribution in [-0.2, 0) is 14.3 Å². The van der Waals surface area contributed by atoms with E-state index in [1.54, 1.807) is 21.9 Å². The van der Waals surface area contributed by atoms with Gasteiger partial charge >= 0.3 is 0 Å². The number of benzene rings is 1. The number of carbonyl (C=O) groups excluding carboxylic acids is 2.